The van der Waals surface area contributed by atoms with Crippen LogP contribution in [0, 0.1) is 0 Å². The van der Waals surface area contributed by atoms with Crippen molar-refractivity contribution < 1.29 is 4.79 Å². The molecule has 5 nitrogen and oxygen atoms in total. The predicted molar refractivity (Wildman–Crippen MR) is 70.4 cm³/mol. The van der Waals surface area contributed by atoms with Crippen molar-refractivity contribution in [1.29, 1.82) is 0 Å². The molecule has 19 heavy (non-hydrogen) atoms. The molecule has 0 aliphatic heterocycles. The van der Waals surface area contributed by atoms with Crippen LogP contribution in [0.15, 0.2) is 24.7 Å². The third-order valence-electron chi connectivity index (χ3n) is 3.65. The zero-order chi connectivity index (χ0) is 13.1. The highest BCUT2D eigenvalue weighted by Crippen LogP contribution is 2.33. The minimum absolute atomic E-state index is 0.402. The summed E-state index contributed by atoms with van der Waals surface area (Å²) < 4.78 is 1.60. The normalized spacial score (nSPS) is 16.4. The molecule has 0 unspecified atom stereocenters. The fourth-order valence-electron chi connectivity index (χ4n) is 2.70. The molecule has 0 aromatic carbocycles. The van der Waals surface area contributed by atoms with Crippen LogP contribution >= 0.6 is 0 Å². The Kier molecular flexibility index (Phi) is 3.35. The molecule has 1 aliphatic carbocycles. The Hall–Kier alpha value is -2.04. The fraction of sp³-hybridized carbons (Fsp3) is 0.429. The van der Waals surface area contributed by atoms with Crippen molar-refractivity contribution in [3.63, 3.8) is 0 Å². The van der Waals surface area contributed by atoms with E-state index in [9.17, 15) is 4.79 Å². The maximum atomic E-state index is 11.2. The molecule has 2 aromatic heterocycles. The zero-order valence-electron chi connectivity index (χ0n) is 10.7. The molecule has 0 amide bonds. The van der Waals surface area contributed by atoms with Crippen LogP contribution in [0.2, 0.25) is 0 Å². The molecule has 3 rings (SSSR count). The highest BCUT2D eigenvalue weighted by Gasteiger charge is 2.22. The van der Waals surface area contributed by atoms with Crippen LogP contribution < -0.4 is 0 Å². The third-order valence-corrected chi connectivity index (χ3v) is 3.65. The summed E-state index contributed by atoms with van der Waals surface area (Å²) in [6, 6.07) is 1.76. The average Bonchev–Trinajstić information content (AvgIpc) is 2.93. The summed E-state index contributed by atoms with van der Waals surface area (Å²) in [7, 11) is 0. The van der Waals surface area contributed by atoms with Gasteiger partial charge in [0.05, 0.1) is 11.3 Å². The first-order valence-electron chi connectivity index (χ1n) is 6.70. The van der Waals surface area contributed by atoms with Crippen molar-refractivity contribution in [3.05, 3.63) is 35.9 Å². The van der Waals surface area contributed by atoms with Crippen LogP contribution in [0.4, 0.5) is 0 Å². The van der Waals surface area contributed by atoms with Crippen LogP contribution in [0.3, 0.4) is 0 Å². The van der Waals surface area contributed by atoms with Crippen molar-refractivity contribution in [1.82, 2.24) is 19.7 Å². The first-order chi connectivity index (χ1) is 9.38. The zero-order valence-corrected chi connectivity index (χ0v) is 10.7. The molecule has 0 bridgehead atoms. The minimum atomic E-state index is 0.402. The van der Waals surface area contributed by atoms with Gasteiger partial charge < -0.3 is 0 Å². The Morgan fingerprint density at radius 2 is 1.89 bits per heavy atom. The second-order valence-corrected chi connectivity index (χ2v) is 4.92. The molecule has 2 aromatic rings. The van der Waals surface area contributed by atoms with E-state index < -0.39 is 0 Å². The van der Waals surface area contributed by atoms with E-state index in [0.717, 1.165) is 24.8 Å². The van der Waals surface area contributed by atoms with E-state index >= 15 is 0 Å². The molecule has 0 radical (unpaired) electrons. The lowest BCUT2D eigenvalue weighted by atomic mass is 9.86. The van der Waals surface area contributed by atoms with Crippen molar-refractivity contribution >= 4 is 6.29 Å². The summed E-state index contributed by atoms with van der Waals surface area (Å²) in [5.41, 5.74) is 1.57. The van der Waals surface area contributed by atoms with Crippen molar-refractivity contribution in [2.45, 2.75) is 38.0 Å². The van der Waals surface area contributed by atoms with Gasteiger partial charge in [0.25, 0.3) is 0 Å². The fourth-order valence-corrected chi connectivity index (χ4v) is 2.70. The van der Waals surface area contributed by atoms with Gasteiger partial charge in [-0.3, -0.25) is 4.79 Å². The smallest absolute Gasteiger partial charge is 0.250 e. The first kappa shape index (κ1) is 12.0. The van der Waals surface area contributed by atoms with Crippen LogP contribution in [-0.4, -0.2) is 26.0 Å². The summed E-state index contributed by atoms with van der Waals surface area (Å²) in [5.74, 6) is 0.909. The second kappa shape index (κ2) is 5.30. The molecule has 0 N–H and O–H groups in total. The van der Waals surface area contributed by atoms with Gasteiger partial charge >= 0.3 is 0 Å². The van der Waals surface area contributed by atoms with Gasteiger partial charge in [-0.05, 0) is 18.9 Å². The quantitative estimate of drug-likeness (QED) is 0.792. The maximum Gasteiger partial charge on any atom is 0.250 e. The molecular weight excluding hydrogens is 240 g/mol. The number of rotatable bonds is 3. The maximum absolute atomic E-state index is 11.2. The Morgan fingerprint density at radius 1 is 1.16 bits per heavy atom. The van der Waals surface area contributed by atoms with Gasteiger partial charge in [-0.25, -0.2) is 14.6 Å². The average molecular weight is 256 g/mol. The molecule has 98 valence electrons. The van der Waals surface area contributed by atoms with Gasteiger partial charge in [0.2, 0.25) is 5.95 Å². The summed E-state index contributed by atoms with van der Waals surface area (Å²) in [6.07, 6.45) is 11.9. The number of nitrogens with zero attached hydrogens (tertiary/aromatic N) is 4. The van der Waals surface area contributed by atoms with Crippen molar-refractivity contribution in [3.8, 4) is 5.95 Å². The second-order valence-electron chi connectivity index (χ2n) is 4.92. The van der Waals surface area contributed by atoms with Crippen molar-refractivity contribution in [2.75, 3.05) is 0 Å². The lowest BCUT2D eigenvalue weighted by Gasteiger charge is -2.19. The molecule has 1 saturated carbocycles. The predicted octanol–water partition coefficient (Wildman–Crippen LogP) is 2.52. The van der Waals surface area contributed by atoms with Gasteiger partial charge in [0, 0.05) is 24.5 Å². The molecule has 0 spiro atoms. The number of carbonyl (C=O) groups excluding carboxylic acids is 1. The van der Waals surface area contributed by atoms with Gasteiger partial charge in [-0.1, -0.05) is 19.3 Å². The van der Waals surface area contributed by atoms with E-state index in [0.29, 0.717) is 17.4 Å². The molecular formula is C14H16N4O. The highest BCUT2D eigenvalue weighted by molar-refractivity contribution is 5.76. The van der Waals surface area contributed by atoms with Gasteiger partial charge in [0.1, 0.15) is 0 Å². The summed E-state index contributed by atoms with van der Waals surface area (Å²) in [4.78, 5) is 19.5. The summed E-state index contributed by atoms with van der Waals surface area (Å²) in [6.45, 7) is 0. The van der Waals surface area contributed by atoms with E-state index in [4.69, 9.17) is 0 Å². The van der Waals surface area contributed by atoms with Crippen LogP contribution in [0.25, 0.3) is 5.95 Å². The number of hydrogen-bond donors (Lipinski definition) is 0. The largest absolute Gasteiger partial charge is 0.298 e. The summed E-state index contributed by atoms with van der Waals surface area (Å²) in [5, 5.41) is 4.54. The number of aldehydes is 1. The van der Waals surface area contributed by atoms with E-state index in [-0.39, 0.29) is 0 Å². The van der Waals surface area contributed by atoms with Gasteiger partial charge in [-0.2, -0.15) is 5.10 Å². The molecule has 1 aliphatic rings. The van der Waals surface area contributed by atoms with Crippen molar-refractivity contribution in [2.24, 2.45) is 0 Å². The monoisotopic (exact) mass is 256 g/mol. The number of aromatic nitrogens is 4. The SMILES string of the molecule is O=Cc1cn(-c2ncccn2)nc1C1CCCCC1. The van der Waals surface area contributed by atoms with Gasteiger partial charge in [0.15, 0.2) is 6.29 Å². The van der Waals surface area contributed by atoms with Crippen LogP contribution in [0.5, 0.6) is 0 Å². The lowest BCUT2D eigenvalue weighted by molar-refractivity contribution is 0.112. The van der Waals surface area contributed by atoms with Gasteiger partial charge in [-0.15, -0.1) is 0 Å². The molecule has 2 heterocycles. The first-order valence-corrected chi connectivity index (χ1v) is 6.70. The third kappa shape index (κ3) is 2.41. The Balaban J connectivity index is 1.96. The summed E-state index contributed by atoms with van der Waals surface area (Å²) >= 11 is 0. The van der Waals surface area contributed by atoms with E-state index in [2.05, 4.69) is 15.1 Å². The van der Waals surface area contributed by atoms with Crippen LogP contribution in [0.1, 0.15) is 54.1 Å². The lowest BCUT2D eigenvalue weighted by Crippen LogP contribution is -2.08. The van der Waals surface area contributed by atoms with Crippen LogP contribution in [-0.2, 0) is 0 Å². The minimum Gasteiger partial charge on any atom is -0.298 e. The Labute approximate surface area is 111 Å². The molecule has 0 atom stereocenters. The topological polar surface area (TPSA) is 60.7 Å². The molecule has 1 fully saturated rings. The molecule has 5 heteroatoms. The number of carbonyl (C=O) groups is 1. The highest BCUT2D eigenvalue weighted by atomic mass is 16.1. The van der Waals surface area contributed by atoms with E-state index in [1.165, 1.54) is 19.3 Å². The van der Waals surface area contributed by atoms with E-state index in [1.807, 2.05) is 0 Å². The van der Waals surface area contributed by atoms with E-state index in [1.54, 1.807) is 29.3 Å². The number of hydrogen-bond acceptors (Lipinski definition) is 4. The molecule has 0 saturated heterocycles. The standard InChI is InChI=1S/C14H16N4O/c19-10-12-9-18(14-15-7-4-8-16-14)17-13(12)11-5-2-1-3-6-11/h4,7-11H,1-3,5-6H2. The Bertz CT molecular complexity index is 558. The Morgan fingerprint density at radius 3 is 2.58 bits per heavy atom.